The van der Waals surface area contributed by atoms with E-state index >= 15 is 0 Å². The molecule has 3 aromatic carbocycles. The zero-order valence-electron chi connectivity index (χ0n) is 18.3. The summed E-state index contributed by atoms with van der Waals surface area (Å²) in [6.07, 6.45) is 0.0833. The van der Waals surface area contributed by atoms with Crippen molar-refractivity contribution >= 4 is 11.9 Å². The van der Waals surface area contributed by atoms with Crippen LogP contribution in [0.3, 0.4) is 0 Å². The molecule has 0 aliphatic carbocycles. The lowest BCUT2D eigenvalue weighted by Crippen LogP contribution is -2.33. The molecule has 0 fully saturated rings. The molecule has 0 unspecified atom stereocenters. The molecule has 0 radical (unpaired) electrons. The quantitative estimate of drug-likeness (QED) is 0.385. The van der Waals surface area contributed by atoms with E-state index in [0.29, 0.717) is 12.4 Å². The van der Waals surface area contributed by atoms with Gasteiger partial charge in [0.05, 0.1) is 19.2 Å². The van der Waals surface area contributed by atoms with Gasteiger partial charge in [-0.25, -0.2) is 9.67 Å². The molecular formula is C26H24N4O3. The van der Waals surface area contributed by atoms with Crippen LogP contribution in [0.1, 0.15) is 22.6 Å². The summed E-state index contributed by atoms with van der Waals surface area (Å²) in [7, 11) is 1.33. The van der Waals surface area contributed by atoms with Crippen LogP contribution in [0.25, 0.3) is 17.1 Å². The van der Waals surface area contributed by atoms with E-state index in [4.69, 9.17) is 4.74 Å². The van der Waals surface area contributed by atoms with Crippen molar-refractivity contribution in [2.75, 3.05) is 13.7 Å². The van der Waals surface area contributed by atoms with Crippen molar-refractivity contribution in [3.05, 3.63) is 102 Å². The van der Waals surface area contributed by atoms with Gasteiger partial charge >= 0.3 is 5.97 Å². The molecule has 0 atom stereocenters. The van der Waals surface area contributed by atoms with Gasteiger partial charge in [-0.3, -0.25) is 9.59 Å². The highest BCUT2D eigenvalue weighted by Crippen LogP contribution is 2.22. The molecule has 0 saturated carbocycles. The zero-order valence-corrected chi connectivity index (χ0v) is 18.3. The van der Waals surface area contributed by atoms with E-state index in [1.807, 2.05) is 91.0 Å². The third-order valence-corrected chi connectivity index (χ3v) is 5.15. The molecule has 0 N–H and O–H groups in total. The van der Waals surface area contributed by atoms with Crippen LogP contribution in [0.15, 0.2) is 91.0 Å². The molecule has 0 bridgehead atoms. The molecule has 33 heavy (non-hydrogen) atoms. The Labute approximate surface area is 192 Å². The van der Waals surface area contributed by atoms with Crippen LogP contribution in [0.4, 0.5) is 0 Å². The number of hydrogen-bond acceptors (Lipinski definition) is 5. The normalized spacial score (nSPS) is 10.6. The van der Waals surface area contributed by atoms with Crippen molar-refractivity contribution < 1.29 is 14.3 Å². The first-order chi connectivity index (χ1) is 16.2. The number of rotatable bonds is 8. The molecule has 4 rings (SSSR count). The minimum absolute atomic E-state index is 0.0681. The molecule has 4 aromatic rings. The second kappa shape index (κ2) is 10.4. The van der Waals surface area contributed by atoms with Gasteiger partial charge in [0.25, 0.3) is 5.91 Å². The SMILES string of the molecule is COC(=O)CCN(Cc1ccccc1)C(=O)c1nc(-c2ccccc2)n(-c2ccccc2)n1. The predicted molar refractivity (Wildman–Crippen MR) is 125 cm³/mol. The lowest BCUT2D eigenvalue weighted by molar-refractivity contribution is -0.140. The third kappa shape index (κ3) is 5.33. The Balaban J connectivity index is 1.71. The number of para-hydroxylation sites is 1. The average Bonchev–Trinajstić information content (AvgIpc) is 3.33. The Kier molecular flexibility index (Phi) is 6.90. The van der Waals surface area contributed by atoms with Gasteiger partial charge in [-0.15, -0.1) is 5.10 Å². The monoisotopic (exact) mass is 440 g/mol. The van der Waals surface area contributed by atoms with Crippen molar-refractivity contribution in [1.29, 1.82) is 0 Å². The molecule has 7 nitrogen and oxygen atoms in total. The number of methoxy groups -OCH3 is 1. The van der Waals surface area contributed by atoms with Gasteiger partial charge in [-0.2, -0.15) is 0 Å². The topological polar surface area (TPSA) is 77.3 Å². The fourth-order valence-corrected chi connectivity index (χ4v) is 3.45. The van der Waals surface area contributed by atoms with Gasteiger partial charge in [0.15, 0.2) is 5.82 Å². The largest absolute Gasteiger partial charge is 0.469 e. The summed E-state index contributed by atoms with van der Waals surface area (Å²) in [6, 6.07) is 28.8. The molecule has 166 valence electrons. The maximum Gasteiger partial charge on any atom is 0.307 e. The number of hydrogen-bond donors (Lipinski definition) is 0. The Hall–Kier alpha value is -4.26. The van der Waals surface area contributed by atoms with Gasteiger partial charge in [0, 0.05) is 18.7 Å². The van der Waals surface area contributed by atoms with E-state index in [9.17, 15) is 9.59 Å². The van der Waals surface area contributed by atoms with Crippen molar-refractivity contribution in [1.82, 2.24) is 19.7 Å². The molecular weight excluding hydrogens is 416 g/mol. The second-order valence-corrected chi connectivity index (χ2v) is 7.41. The van der Waals surface area contributed by atoms with Crippen LogP contribution in [-0.4, -0.2) is 45.2 Å². The Morgan fingerprint density at radius 1 is 0.879 bits per heavy atom. The summed E-state index contributed by atoms with van der Waals surface area (Å²) in [4.78, 5) is 31.5. The van der Waals surface area contributed by atoms with Crippen LogP contribution in [0, 0.1) is 0 Å². The standard InChI is InChI=1S/C26H24N4O3/c1-33-23(31)17-18-29(19-20-11-5-2-6-12-20)26(32)24-27-25(21-13-7-3-8-14-21)30(28-24)22-15-9-4-10-16-22/h2-16H,17-19H2,1H3. The van der Waals surface area contributed by atoms with Crippen LogP contribution >= 0.6 is 0 Å². The van der Waals surface area contributed by atoms with Crippen LogP contribution in [-0.2, 0) is 16.1 Å². The molecule has 0 saturated heterocycles. The van der Waals surface area contributed by atoms with Crippen molar-refractivity contribution in [2.45, 2.75) is 13.0 Å². The highest BCUT2D eigenvalue weighted by atomic mass is 16.5. The Morgan fingerprint density at radius 2 is 1.48 bits per heavy atom. The van der Waals surface area contributed by atoms with Gasteiger partial charge in [-0.1, -0.05) is 78.9 Å². The number of nitrogens with zero attached hydrogens (tertiary/aromatic N) is 4. The molecule has 1 amide bonds. The highest BCUT2D eigenvalue weighted by molar-refractivity contribution is 5.91. The Bertz CT molecular complexity index is 1150. The van der Waals surface area contributed by atoms with Crippen molar-refractivity contribution in [2.24, 2.45) is 0 Å². The number of amides is 1. The lowest BCUT2D eigenvalue weighted by atomic mass is 10.2. The maximum atomic E-state index is 13.5. The predicted octanol–water partition coefficient (Wildman–Crippen LogP) is 4.14. The van der Waals surface area contributed by atoms with E-state index in [2.05, 4.69) is 10.1 Å². The van der Waals surface area contributed by atoms with E-state index in [1.165, 1.54) is 7.11 Å². The van der Waals surface area contributed by atoms with Gasteiger partial charge in [0.1, 0.15) is 0 Å². The van der Waals surface area contributed by atoms with Gasteiger partial charge < -0.3 is 9.64 Å². The van der Waals surface area contributed by atoms with Gasteiger partial charge in [-0.05, 0) is 17.7 Å². The van der Waals surface area contributed by atoms with E-state index in [-0.39, 0.29) is 30.7 Å². The second-order valence-electron chi connectivity index (χ2n) is 7.41. The molecule has 1 heterocycles. The molecule has 0 spiro atoms. The number of esters is 1. The molecule has 1 aromatic heterocycles. The highest BCUT2D eigenvalue weighted by Gasteiger charge is 2.24. The van der Waals surface area contributed by atoms with E-state index < -0.39 is 0 Å². The lowest BCUT2D eigenvalue weighted by Gasteiger charge is -2.21. The Morgan fingerprint density at radius 3 is 2.12 bits per heavy atom. The van der Waals surface area contributed by atoms with E-state index in [0.717, 1.165) is 16.8 Å². The fourth-order valence-electron chi connectivity index (χ4n) is 3.45. The van der Waals surface area contributed by atoms with Crippen LogP contribution < -0.4 is 0 Å². The molecule has 7 heteroatoms. The van der Waals surface area contributed by atoms with Gasteiger partial charge in [0.2, 0.25) is 5.82 Å². The number of carbonyl (C=O) groups excluding carboxylic acids is 2. The van der Waals surface area contributed by atoms with Crippen LogP contribution in [0.2, 0.25) is 0 Å². The summed E-state index contributed by atoms with van der Waals surface area (Å²) in [6.45, 7) is 0.526. The van der Waals surface area contributed by atoms with Crippen molar-refractivity contribution in [3.63, 3.8) is 0 Å². The average molecular weight is 441 g/mol. The summed E-state index contributed by atoms with van der Waals surface area (Å²) in [5.74, 6) is -0.0977. The maximum absolute atomic E-state index is 13.5. The first kappa shape index (κ1) is 22.0. The molecule has 0 aliphatic rings. The molecule has 0 aliphatic heterocycles. The fraction of sp³-hybridized carbons (Fsp3) is 0.154. The summed E-state index contributed by atoms with van der Waals surface area (Å²) < 4.78 is 6.43. The minimum Gasteiger partial charge on any atom is -0.469 e. The number of ether oxygens (including phenoxy) is 1. The minimum atomic E-state index is -0.381. The van der Waals surface area contributed by atoms with Crippen molar-refractivity contribution in [3.8, 4) is 17.1 Å². The zero-order chi connectivity index (χ0) is 23.0. The number of carbonyl (C=O) groups is 2. The first-order valence-corrected chi connectivity index (χ1v) is 10.6. The van der Waals surface area contributed by atoms with E-state index in [1.54, 1.807) is 9.58 Å². The first-order valence-electron chi connectivity index (χ1n) is 10.6. The number of aromatic nitrogens is 3. The summed E-state index contributed by atoms with van der Waals surface area (Å²) >= 11 is 0. The number of benzene rings is 3. The third-order valence-electron chi connectivity index (χ3n) is 5.15. The smallest absolute Gasteiger partial charge is 0.307 e. The van der Waals surface area contributed by atoms with Crippen LogP contribution in [0.5, 0.6) is 0 Å². The summed E-state index contributed by atoms with van der Waals surface area (Å²) in [5.41, 5.74) is 2.59. The summed E-state index contributed by atoms with van der Waals surface area (Å²) in [5, 5.41) is 4.56.